The number of aliphatic hydroxyl groups excluding tert-OH is 1. The Balaban J connectivity index is 2.20. The third-order valence-electron chi connectivity index (χ3n) is 2.70. The van der Waals surface area contributed by atoms with Crippen LogP contribution in [0.3, 0.4) is 0 Å². The van der Waals surface area contributed by atoms with Crippen molar-refractivity contribution in [2.75, 3.05) is 0 Å². The van der Waals surface area contributed by atoms with Crippen molar-refractivity contribution in [1.29, 1.82) is 0 Å². The maximum Gasteiger partial charge on any atom is 0.0693 e. The Hall–Kier alpha value is -0.0800. The fraction of sp³-hybridized carbons (Fsp3) is 1.00. The molecule has 1 unspecified atom stereocenters. The molecule has 1 rings (SSSR count). The van der Waals surface area contributed by atoms with Gasteiger partial charge in [-0.15, -0.1) is 0 Å². The molecule has 0 aromatic heterocycles. The van der Waals surface area contributed by atoms with Gasteiger partial charge in [-0.2, -0.15) is 0 Å². The summed E-state index contributed by atoms with van der Waals surface area (Å²) in [6.07, 6.45) is 5.65. The lowest BCUT2D eigenvalue weighted by Gasteiger charge is -2.21. The second kappa shape index (κ2) is 4.83. The predicted octanol–water partition coefficient (Wildman–Crippen LogP) is 1.68. The summed E-state index contributed by atoms with van der Waals surface area (Å²) >= 11 is 0. The molecule has 72 valence electrons. The Kier molecular flexibility index (Phi) is 4.02. The molecule has 1 saturated carbocycles. The Labute approximate surface area is 75.4 Å². The Morgan fingerprint density at radius 1 is 1.50 bits per heavy atom. The van der Waals surface area contributed by atoms with E-state index in [1.165, 1.54) is 19.3 Å². The van der Waals surface area contributed by atoms with Gasteiger partial charge in [-0.05, 0) is 32.6 Å². The van der Waals surface area contributed by atoms with Gasteiger partial charge >= 0.3 is 0 Å². The lowest BCUT2D eigenvalue weighted by molar-refractivity contribution is 0.143. The van der Waals surface area contributed by atoms with E-state index in [4.69, 9.17) is 0 Å². The zero-order valence-electron chi connectivity index (χ0n) is 8.21. The van der Waals surface area contributed by atoms with Crippen LogP contribution in [0.25, 0.3) is 0 Å². The van der Waals surface area contributed by atoms with Crippen LogP contribution in [0.4, 0.5) is 0 Å². The minimum absolute atomic E-state index is 0.0932. The van der Waals surface area contributed by atoms with Gasteiger partial charge in [0.2, 0.25) is 0 Å². The molecule has 0 radical (unpaired) electrons. The number of rotatable bonds is 4. The van der Waals surface area contributed by atoms with Gasteiger partial charge in [0.05, 0.1) is 6.10 Å². The first kappa shape index (κ1) is 10.0. The van der Waals surface area contributed by atoms with Crippen molar-refractivity contribution in [2.24, 2.45) is 0 Å². The third kappa shape index (κ3) is 2.76. The maximum atomic E-state index is 9.54. The van der Waals surface area contributed by atoms with Crippen LogP contribution >= 0.6 is 0 Å². The van der Waals surface area contributed by atoms with Gasteiger partial charge in [-0.25, -0.2) is 0 Å². The van der Waals surface area contributed by atoms with E-state index in [1.54, 1.807) is 0 Å². The van der Waals surface area contributed by atoms with E-state index in [2.05, 4.69) is 19.2 Å². The number of hydrogen-bond donors (Lipinski definition) is 2. The molecule has 2 heteroatoms. The fourth-order valence-electron chi connectivity index (χ4n) is 2.02. The summed E-state index contributed by atoms with van der Waals surface area (Å²) in [4.78, 5) is 0. The van der Waals surface area contributed by atoms with Gasteiger partial charge in [0.15, 0.2) is 0 Å². The molecule has 2 N–H and O–H groups in total. The largest absolute Gasteiger partial charge is 0.392 e. The van der Waals surface area contributed by atoms with Crippen molar-refractivity contribution in [2.45, 2.75) is 64.1 Å². The maximum absolute atomic E-state index is 9.54. The molecule has 0 bridgehead atoms. The highest BCUT2D eigenvalue weighted by atomic mass is 16.3. The summed E-state index contributed by atoms with van der Waals surface area (Å²) in [6, 6.07) is 0.930. The summed E-state index contributed by atoms with van der Waals surface area (Å²) in [6.45, 7) is 4.40. The summed E-state index contributed by atoms with van der Waals surface area (Å²) in [7, 11) is 0. The topological polar surface area (TPSA) is 32.3 Å². The molecular formula is C10H21NO. The first-order chi connectivity index (χ1) is 5.74. The lowest BCUT2D eigenvalue weighted by Crippen LogP contribution is -2.41. The molecule has 0 aromatic rings. The van der Waals surface area contributed by atoms with Gasteiger partial charge in [0.25, 0.3) is 0 Å². The van der Waals surface area contributed by atoms with Crippen LogP contribution in [-0.4, -0.2) is 23.3 Å². The fourth-order valence-corrected chi connectivity index (χ4v) is 2.02. The van der Waals surface area contributed by atoms with Crippen LogP contribution in [0.5, 0.6) is 0 Å². The lowest BCUT2D eigenvalue weighted by atomic mass is 10.1. The van der Waals surface area contributed by atoms with Crippen molar-refractivity contribution in [3.8, 4) is 0 Å². The number of aliphatic hydroxyl groups is 1. The number of nitrogens with one attached hydrogen (secondary N) is 1. The quantitative estimate of drug-likeness (QED) is 0.674. The van der Waals surface area contributed by atoms with Gasteiger partial charge in [0.1, 0.15) is 0 Å². The van der Waals surface area contributed by atoms with Crippen molar-refractivity contribution in [1.82, 2.24) is 5.32 Å². The molecule has 0 amide bonds. The second-order valence-electron chi connectivity index (χ2n) is 3.96. The Morgan fingerprint density at radius 3 is 2.75 bits per heavy atom. The van der Waals surface area contributed by atoms with Gasteiger partial charge in [-0.1, -0.05) is 13.3 Å². The Morgan fingerprint density at radius 2 is 2.25 bits per heavy atom. The molecule has 2 nitrogen and oxygen atoms in total. The normalized spacial score (nSPS) is 32.2. The van der Waals surface area contributed by atoms with Crippen molar-refractivity contribution >= 4 is 0 Å². The van der Waals surface area contributed by atoms with Crippen LogP contribution in [0.2, 0.25) is 0 Å². The molecule has 1 fully saturated rings. The first-order valence-corrected chi connectivity index (χ1v) is 5.18. The van der Waals surface area contributed by atoms with Crippen LogP contribution in [0, 0.1) is 0 Å². The van der Waals surface area contributed by atoms with E-state index >= 15 is 0 Å². The zero-order chi connectivity index (χ0) is 8.97. The molecule has 0 spiro atoms. The van der Waals surface area contributed by atoms with Crippen molar-refractivity contribution in [3.05, 3.63) is 0 Å². The molecule has 0 heterocycles. The van der Waals surface area contributed by atoms with Gasteiger partial charge < -0.3 is 10.4 Å². The van der Waals surface area contributed by atoms with E-state index < -0.39 is 0 Å². The summed E-state index contributed by atoms with van der Waals surface area (Å²) in [5.74, 6) is 0. The highest BCUT2D eigenvalue weighted by Crippen LogP contribution is 2.19. The molecular weight excluding hydrogens is 150 g/mol. The molecule has 0 aliphatic heterocycles. The Bertz CT molecular complexity index is 127. The average Bonchev–Trinajstić information content (AvgIpc) is 2.37. The van der Waals surface area contributed by atoms with E-state index in [0.29, 0.717) is 12.1 Å². The highest BCUT2D eigenvalue weighted by Gasteiger charge is 2.25. The van der Waals surface area contributed by atoms with Crippen LogP contribution in [-0.2, 0) is 0 Å². The second-order valence-corrected chi connectivity index (χ2v) is 3.96. The van der Waals surface area contributed by atoms with Crippen LogP contribution in [0.15, 0.2) is 0 Å². The minimum Gasteiger partial charge on any atom is -0.392 e. The van der Waals surface area contributed by atoms with E-state index in [9.17, 15) is 5.11 Å². The summed E-state index contributed by atoms with van der Waals surface area (Å²) < 4.78 is 0. The molecule has 0 aromatic carbocycles. The summed E-state index contributed by atoms with van der Waals surface area (Å²) in [5, 5.41) is 13.0. The third-order valence-corrected chi connectivity index (χ3v) is 2.70. The zero-order valence-corrected chi connectivity index (χ0v) is 8.21. The van der Waals surface area contributed by atoms with Crippen LogP contribution in [0.1, 0.15) is 46.0 Å². The molecule has 3 atom stereocenters. The molecule has 1 aliphatic rings. The monoisotopic (exact) mass is 171 g/mol. The van der Waals surface area contributed by atoms with E-state index in [0.717, 1.165) is 12.8 Å². The predicted molar refractivity (Wildman–Crippen MR) is 51.2 cm³/mol. The summed E-state index contributed by atoms with van der Waals surface area (Å²) in [5.41, 5.74) is 0. The van der Waals surface area contributed by atoms with E-state index in [-0.39, 0.29) is 6.10 Å². The number of hydrogen-bond acceptors (Lipinski definition) is 2. The van der Waals surface area contributed by atoms with Gasteiger partial charge in [0, 0.05) is 12.1 Å². The first-order valence-electron chi connectivity index (χ1n) is 5.18. The average molecular weight is 171 g/mol. The van der Waals surface area contributed by atoms with Crippen molar-refractivity contribution in [3.63, 3.8) is 0 Å². The SMILES string of the molecule is CCCC(C)N[C@@H]1CCC[C@H]1O. The molecule has 1 aliphatic carbocycles. The van der Waals surface area contributed by atoms with E-state index in [1.807, 2.05) is 0 Å². The standard InChI is InChI=1S/C10H21NO/c1-3-5-8(2)11-9-6-4-7-10(9)12/h8-12H,3-7H2,1-2H3/t8?,9-,10-/m1/s1. The molecule has 12 heavy (non-hydrogen) atoms. The minimum atomic E-state index is -0.0932. The highest BCUT2D eigenvalue weighted by molar-refractivity contribution is 4.84. The smallest absolute Gasteiger partial charge is 0.0693 e. The van der Waals surface area contributed by atoms with Gasteiger partial charge in [-0.3, -0.25) is 0 Å². The molecule has 0 saturated heterocycles. The van der Waals surface area contributed by atoms with Crippen molar-refractivity contribution < 1.29 is 5.11 Å². The van der Waals surface area contributed by atoms with Crippen LogP contribution < -0.4 is 5.32 Å².